The molecule has 18 heavy (non-hydrogen) atoms. The number of aliphatic carboxylic acids is 1. The lowest BCUT2D eigenvalue weighted by molar-refractivity contribution is -0.157. The van der Waals surface area contributed by atoms with Crippen LogP contribution in [0.3, 0.4) is 0 Å². The van der Waals surface area contributed by atoms with E-state index in [2.05, 4.69) is 11.8 Å². The van der Waals surface area contributed by atoms with Crippen LogP contribution in [0.4, 0.5) is 0 Å². The Kier molecular flexibility index (Phi) is 4.62. The van der Waals surface area contributed by atoms with Crippen LogP contribution in [0, 0.1) is 5.41 Å². The van der Waals surface area contributed by atoms with Crippen LogP contribution in [0.5, 0.6) is 0 Å². The molecule has 0 spiro atoms. The Morgan fingerprint density at radius 3 is 2.72 bits per heavy atom. The van der Waals surface area contributed by atoms with E-state index < -0.39 is 11.4 Å². The predicted octanol–water partition coefficient (Wildman–Crippen LogP) is 2.13. The summed E-state index contributed by atoms with van der Waals surface area (Å²) in [5.74, 6) is -0.637. The first-order valence-electron chi connectivity index (χ1n) is 7.19. The summed E-state index contributed by atoms with van der Waals surface area (Å²) in [5, 5.41) is 9.59. The average Bonchev–Trinajstić information content (AvgIpc) is 2.56. The van der Waals surface area contributed by atoms with Gasteiger partial charge in [0.15, 0.2) is 0 Å². The van der Waals surface area contributed by atoms with E-state index in [1.165, 1.54) is 25.7 Å². The molecule has 1 unspecified atom stereocenters. The highest BCUT2D eigenvalue weighted by molar-refractivity contribution is 5.75. The van der Waals surface area contributed by atoms with Crippen molar-refractivity contribution in [2.75, 3.05) is 26.3 Å². The molecule has 2 aliphatic heterocycles. The first kappa shape index (κ1) is 13.8. The molecule has 2 rings (SSSR count). The molecule has 2 aliphatic rings. The van der Waals surface area contributed by atoms with Gasteiger partial charge >= 0.3 is 5.97 Å². The normalized spacial score (nSPS) is 29.7. The molecule has 0 aliphatic carbocycles. The Balaban J connectivity index is 2.05. The van der Waals surface area contributed by atoms with Gasteiger partial charge in [0.05, 0.1) is 5.41 Å². The van der Waals surface area contributed by atoms with Gasteiger partial charge in [-0.25, -0.2) is 0 Å². The number of carboxylic acid groups (broad SMARTS) is 1. The third-order valence-electron chi connectivity index (χ3n) is 4.60. The zero-order valence-electron chi connectivity index (χ0n) is 11.4. The summed E-state index contributed by atoms with van der Waals surface area (Å²) < 4.78 is 5.33. The minimum atomic E-state index is -0.637. The highest BCUT2D eigenvalue weighted by Gasteiger charge is 2.42. The highest BCUT2D eigenvalue weighted by Crippen LogP contribution is 2.33. The van der Waals surface area contributed by atoms with Gasteiger partial charge in [0.1, 0.15) is 0 Å². The standard InChI is InChI=1S/C14H25NO3/c1-12-5-3-2-4-8-15(12)11-14(13(16)17)6-9-18-10-7-14/h12H,2-11H2,1H3,(H,16,17). The summed E-state index contributed by atoms with van der Waals surface area (Å²) in [6.45, 7) is 5.17. The monoisotopic (exact) mass is 255 g/mol. The van der Waals surface area contributed by atoms with E-state index in [0.29, 0.717) is 38.6 Å². The number of carboxylic acids is 1. The summed E-state index contributed by atoms with van der Waals surface area (Å²) in [6, 6.07) is 0.520. The molecule has 2 fully saturated rings. The fourth-order valence-corrected chi connectivity index (χ4v) is 3.16. The molecule has 0 aromatic carbocycles. The second kappa shape index (κ2) is 6.02. The van der Waals surface area contributed by atoms with Crippen LogP contribution in [0.2, 0.25) is 0 Å². The third-order valence-corrected chi connectivity index (χ3v) is 4.60. The molecule has 0 aromatic heterocycles. The number of hydrogen-bond acceptors (Lipinski definition) is 3. The quantitative estimate of drug-likeness (QED) is 0.839. The SMILES string of the molecule is CC1CCCCCN1CC1(C(=O)O)CCOCC1. The minimum absolute atomic E-state index is 0.520. The van der Waals surface area contributed by atoms with Gasteiger partial charge < -0.3 is 9.84 Å². The molecule has 1 atom stereocenters. The van der Waals surface area contributed by atoms with Gasteiger partial charge in [0.2, 0.25) is 0 Å². The van der Waals surface area contributed by atoms with Gasteiger partial charge in [-0.05, 0) is 39.2 Å². The van der Waals surface area contributed by atoms with E-state index in [-0.39, 0.29) is 0 Å². The lowest BCUT2D eigenvalue weighted by atomic mass is 9.79. The topological polar surface area (TPSA) is 49.8 Å². The highest BCUT2D eigenvalue weighted by atomic mass is 16.5. The number of ether oxygens (including phenoxy) is 1. The number of likely N-dealkylation sites (tertiary alicyclic amines) is 1. The van der Waals surface area contributed by atoms with Gasteiger partial charge in [-0.15, -0.1) is 0 Å². The lowest BCUT2D eigenvalue weighted by Crippen LogP contribution is -2.49. The summed E-state index contributed by atoms with van der Waals surface area (Å²) in [6.07, 6.45) is 6.28. The maximum atomic E-state index is 11.7. The molecular formula is C14H25NO3. The van der Waals surface area contributed by atoms with E-state index in [0.717, 1.165) is 6.54 Å². The van der Waals surface area contributed by atoms with Gasteiger partial charge in [0, 0.05) is 25.8 Å². The predicted molar refractivity (Wildman–Crippen MR) is 69.6 cm³/mol. The molecule has 104 valence electrons. The molecule has 0 radical (unpaired) electrons. The van der Waals surface area contributed by atoms with Crippen molar-refractivity contribution in [2.24, 2.45) is 5.41 Å². The van der Waals surface area contributed by atoms with Crippen LogP contribution >= 0.6 is 0 Å². The van der Waals surface area contributed by atoms with Crippen LogP contribution < -0.4 is 0 Å². The number of nitrogens with zero attached hydrogens (tertiary/aromatic N) is 1. The molecular weight excluding hydrogens is 230 g/mol. The number of carbonyl (C=O) groups is 1. The van der Waals surface area contributed by atoms with E-state index in [9.17, 15) is 9.90 Å². The van der Waals surface area contributed by atoms with E-state index in [1.807, 2.05) is 0 Å². The average molecular weight is 255 g/mol. The van der Waals surface area contributed by atoms with Crippen molar-refractivity contribution in [1.29, 1.82) is 0 Å². The van der Waals surface area contributed by atoms with Crippen molar-refractivity contribution in [3.8, 4) is 0 Å². The van der Waals surface area contributed by atoms with Crippen LogP contribution in [-0.2, 0) is 9.53 Å². The second-order valence-electron chi connectivity index (χ2n) is 5.87. The lowest BCUT2D eigenvalue weighted by Gasteiger charge is -2.39. The van der Waals surface area contributed by atoms with Crippen molar-refractivity contribution in [2.45, 2.75) is 51.5 Å². The van der Waals surface area contributed by atoms with Gasteiger partial charge in [-0.3, -0.25) is 9.69 Å². The van der Waals surface area contributed by atoms with Gasteiger partial charge in [0.25, 0.3) is 0 Å². The molecule has 0 bridgehead atoms. The Morgan fingerprint density at radius 1 is 1.33 bits per heavy atom. The second-order valence-corrected chi connectivity index (χ2v) is 5.87. The largest absolute Gasteiger partial charge is 0.481 e. The smallest absolute Gasteiger partial charge is 0.311 e. The van der Waals surface area contributed by atoms with Crippen LogP contribution in [0.1, 0.15) is 45.4 Å². The Morgan fingerprint density at radius 2 is 2.06 bits per heavy atom. The van der Waals surface area contributed by atoms with Crippen molar-refractivity contribution >= 4 is 5.97 Å². The van der Waals surface area contributed by atoms with E-state index >= 15 is 0 Å². The maximum Gasteiger partial charge on any atom is 0.311 e. The molecule has 0 saturated carbocycles. The fourth-order valence-electron chi connectivity index (χ4n) is 3.16. The Labute approximate surface area is 109 Å². The maximum absolute atomic E-state index is 11.7. The fraction of sp³-hybridized carbons (Fsp3) is 0.929. The van der Waals surface area contributed by atoms with Crippen molar-refractivity contribution < 1.29 is 14.6 Å². The Bertz CT molecular complexity index is 287. The van der Waals surface area contributed by atoms with Crippen molar-refractivity contribution in [3.63, 3.8) is 0 Å². The van der Waals surface area contributed by atoms with Gasteiger partial charge in [-0.1, -0.05) is 12.8 Å². The first-order valence-corrected chi connectivity index (χ1v) is 7.19. The summed E-state index contributed by atoms with van der Waals surface area (Å²) in [5.41, 5.74) is -0.573. The van der Waals surface area contributed by atoms with Gasteiger partial charge in [-0.2, -0.15) is 0 Å². The van der Waals surface area contributed by atoms with Crippen molar-refractivity contribution in [1.82, 2.24) is 4.90 Å². The molecule has 0 aromatic rings. The van der Waals surface area contributed by atoms with Crippen LogP contribution in [-0.4, -0.2) is 48.3 Å². The minimum Gasteiger partial charge on any atom is -0.481 e. The molecule has 0 amide bonds. The Hall–Kier alpha value is -0.610. The molecule has 2 heterocycles. The molecule has 4 heteroatoms. The number of hydrogen-bond donors (Lipinski definition) is 1. The number of rotatable bonds is 3. The molecule has 4 nitrogen and oxygen atoms in total. The summed E-state index contributed by atoms with van der Waals surface area (Å²) in [7, 11) is 0. The van der Waals surface area contributed by atoms with E-state index in [1.54, 1.807) is 0 Å². The third kappa shape index (κ3) is 3.04. The molecule has 1 N–H and O–H groups in total. The summed E-state index contributed by atoms with van der Waals surface area (Å²) in [4.78, 5) is 14.1. The van der Waals surface area contributed by atoms with Crippen LogP contribution in [0.25, 0.3) is 0 Å². The van der Waals surface area contributed by atoms with Crippen molar-refractivity contribution in [3.05, 3.63) is 0 Å². The van der Waals surface area contributed by atoms with Crippen LogP contribution in [0.15, 0.2) is 0 Å². The molecule has 2 saturated heterocycles. The zero-order chi connectivity index (χ0) is 13.0. The first-order chi connectivity index (χ1) is 8.64. The van der Waals surface area contributed by atoms with E-state index in [4.69, 9.17) is 4.74 Å². The zero-order valence-corrected chi connectivity index (χ0v) is 11.4. The summed E-state index contributed by atoms with van der Waals surface area (Å²) >= 11 is 0.